The Balaban J connectivity index is 1.49. The summed E-state index contributed by atoms with van der Waals surface area (Å²) in [5.41, 5.74) is 0.646. The average molecular weight is 488 g/mol. The highest BCUT2D eigenvalue weighted by Crippen LogP contribution is 2.25. The summed E-state index contributed by atoms with van der Waals surface area (Å²) in [5, 5.41) is 23.4. The molecular weight excluding hydrogens is 462 g/mol. The van der Waals surface area contributed by atoms with Crippen molar-refractivity contribution in [1.82, 2.24) is 24.5 Å². The van der Waals surface area contributed by atoms with Gasteiger partial charge in [0, 0.05) is 38.6 Å². The third kappa shape index (κ3) is 4.22. The summed E-state index contributed by atoms with van der Waals surface area (Å²) in [4.78, 5) is 30.6. The molecule has 5 rings (SSSR count). The van der Waals surface area contributed by atoms with Crippen LogP contribution in [-0.2, 0) is 4.74 Å². The maximum atomic E-state index is 13.2. The normalized spacial score (nSPS) is 20.7. The van der Waals surface area contributed by atoms with Crippen molar-refractivity contribution < 1.29 is 14.6 Å². The summed E-state index contributed by atoms with van der Waals surface area (Å²) in [6, 6.07) is 2.99. The van der Waals surface area contributed by atoms with E-state index in [0.717, 1.165) is 19.3 Å². The zero-order chi connectivity index (χ0) is 23.8. The third-order valence-electron chi connectivity index (χ3n) is 6.38. The summed E-state index contributed by atoms with van der Waals surface area (Å²) in [7, 11) is 1.72. The van der Waals surface area contributed by atoms with Gasteiger partial charge in [-0.2, -0.15) is 9.61 Å². The van der Waals surface area contributed by atoms with Crippen LogP contribution in [0, 0.1) is 0 Å². The highest BCUT2D eigenvalue weighted by molar-refractivity contribution is 6.30. The molecule has 1 saturated heterocycles. The number of nitrogens with zero attached hydrogens (tertiary/aromatic N) is 4. The van der Waals surface area contributed by atoms with Crippen molar-refractivity contribution in [2.24, 2.45) is 0 Å². The van der Waals surface area contributed by atoms with Crippen LogP contribution in [0.25, 0.3) is 5.65 Å². The molecule has 12 heteroatoms. The topological polar surface area (TPSA) is 135 Å². The molecule has 3 aromatic heterocycles. The van der Waals surface area contributed by atoms with E-state index in [4.69, 9.17) is 16.3 Å². The number of fused-ring (bicyclic) bond motifs is 1. The maximum Gasteiger partial charge on any atom is 0.274 e. The minimum atomic E-state index is -0.537. The van der Waals surface area contributed by atoms with E-state index in [1.165, 1.54) is 10.7 Å². The fraction of sp³-hybridized carbons (Fsp3) is 0.455. The predicted molar refractivity (Wildman–Crippen MR) is 127 cm³/mol. The number of aliphatic hydroxyl groups is 1. The molecular formula is C22H26ClN7O4. The molecule has 2 aliphatic rings. The first-order chi connectivity index (χ1) is 16.4. The van der Waals surface area contributed by atoms with Gasteiger partial charge in [0.1, 0.15) is 22.9 Å². The Bertz CT molecular complexity index is 1280. The van der Waals surface area contributed by atoms with Crippen LogP contribution in [0.1, 0.15) is 42.1 Å². The van der Waals surface area contributed by atoms with Gasteiger partial charge >= 0.3 is 0 Å². The molecule has 2 atom stereocenters. The minimum absolute atomic E-state index is 0.00999. The number of nitrogens with one attached hydrogen (secondary N) is 3. The fourth-order valence-corrected chi connectivity index (χ4v) is 4.51. The molecule has 3 aromatic rings. The molecule has 1 amide bonds. The molecule has 4 N–H and O–H groups in total. The first-order valence-corrected chi connectivity index (χ1v) is 11.6. The maximum absolute atomic E-state index is 13.2. The summed E-state index contributed by atoms with van der Waals surface area (Å²) >= 11 is 6.34. The number of anilines is 3. The Hall–Kier alpha value is -3.15. The van der Waals surface area contributed by atoms with Gasteiger partial charge in [-0.3, -0.25) is 9.59 Å². The molecule has 4 heterocycles. The second-order valence-corrected chi connectivity index (χ2v) is 8.98. The average Bonchev–Trinajstić information content (AvgIpc) is 3.27. The minimum Gasteiger partial charge on any atom is -0.391 e. The molecule has 1 unspecified atom stereocenters. The lowest BCUT2D eigenvalue weighted by molar-refractivity contribution is 0.0448. The molecule has 0 spiro atoms. The smallest absolute Gasteiger partial charge is 0.274 e. The van der Waals surface area contributed by atoms with E-state index in [0.29, 0.717) is 41.9 Å². The molecule has 1 aliphatic heterocycles. The van der Waals surface area contributed by atoms with Gasteiger partial charge in [0.25, 0.3) is 11.5 Å². The van der Waals surface area contributed by atoms with Crippen molar-refractivity contribution in [1.29, 1.82) is 0 Å². The number of pyridine rings is 1. The quantitative estimate of drug-likeness (QED) is 0.414. The largest absolute Gasteiger partial charge is 0.391 e. The summed E-state index contributed by atoms with van der Waals surface area (Å²) < 4.78 is 8.57. The fourth-order valence-electron chi connectivity index (χ4n) is 4.29. The van der Waals surface area contributed by atoms with E-state index in [9.17, 15) is 14.7 Å². The van der Waals surface area contributed by atoms with Crippen molar-refractivity contribution in [3.05, 3.63) is 45.5 Å². The number of carbonyl (C=O) groups is 1. The first-order valence-electron chi connectivity index (χ1n) is 11.3. The highest BCUT2D eigenvalue weighted by atomic mass is 35.5. The van der Waals surface area contributed by atoms with Crippen molar-refractivity contribution in [2.45, 2.75) is 43.9 Å². The monoisotopic (exact) mass is 487 g/mol. The highest BCUT2D eigenvalue weighted by Gasteiger charge is 2.31. The van der Waals surface area contributed by atoms with Crippen LogP contribution in [-0.4, -0.2) is 62.6 Å². The van der Waals surface area contributed by atoms with Crippen LogP contribution >= 0.6 is 11.6 Å². The van der Waals surface area contributed by atoms with Gasteiger partial charge in [0.2, 0.25) is 0 Å². The molecule has 0 aromatic carbocycles. The van der Waals surface area contributed by atoms with Crippen LogP contribution in [0.4, 0.5) is 17.3 Å². The van der Waals surface area contributed by atoms with Crippen LogP contribution in [0.5, 0.6) is 0 Å². The van der Waals surface area contributed by atoms with Gasteiger partial charge in [-0.25, -0.2) is 4.98 Å². The van der Waals surface area contributed by atoms with Crippen LogP contribution in [0.2, 0.25) is 5.02 Å². The van der Waals surface area contributed by atoms with Crippen LogP contribution in [0.3, 0.4) is 0 Å². The predicted octanol–water partition coefficient (Wildman–Crippen LogP) is 1.93. The second kappa shape index (κ2) is 9.24. The number of hydrogen-bond donors (Lipinski definition) is 4. The van der Waals surface area contributed by atoms with Crippen LogP contribution in [0.15, 0.2) is 29.3 Å². The van der Waals surface area contributed by atoms with E-state index in [-0.39, 0.29) is 34.8 Å². The molecule has 1 saturated carbocycles. The molecule has 11 nitrogen and oxygen atoms in total. The van der Waals surface area contributed by atoms with E-state index in [2.05, 4.69) is 26.0 Å². The Morgan fingerprint density at radius 3 is 2.71 bits per heavy atom. The zero-order valence-electron chi connectivity index (χ0n) is 18.6. The van der Waals surface area contributed by atoms with Crippen molar-refractivity contribution in [2.75, 3.05) is 30.9 Å². The number of ether oxygens (including phenoxy) is 1. The van der Waals surface area contributed by atoms with E-state index >= 15 is 0 Å². The number of hydrogen-bond acceptors (Lipinski definition) is 8. The molecule has 2 fully saturated rings. The Labute approximate surface area is 200 Å². The third-order valence-corrected chi connectivity index (χ3v) is 6.59. The van der Waals surface area contributed by atoms with Gasteiger partial charge in [-0.05, 0) is 31.7 Å². The number of amides is 1. The Morgan fingerprint density at radius 2 is 2.03 bits per heavy atom. The van der Waals surface area contributed by atoms with Gasteiger partial charge in [-0.15, -0.1) is 0 Å². The first kappa shape index (κ1) is 22.6. The molecule has 34 heavy (non-hydrogen) atoms. The van der Waals surface area contributed by atoms with Crippen molar-refractivity contribution in [3.63, 3.8) is 0 Å². The number of carbonyl (C=O) groups excluding carboxylic acids is 1. The summed E-state index contributed by atoms with van der Waals surface area (Å²) in [5.74, 6) is 0.560. The lowest BCUT2D eigenvalue weighted by Gasteiger charge is -2.32. The molecule has 1 aliphatic carbocycles. The summed E-state index contributed by atoms with van der Waals surface area (Å²) in [6.07, 6.45) is 5.41. The SMILES string of the molecule is CNc1cc(Nc2cc(Cl)cn(C3CCOCC3)c2=O)nc2c(C(=O)NC3CC[C@H]3O)cnn12. The number of aromatic nitrogens is 4. The zero-order valence-corrected chi connectivity index (χ0v) is 19.4. The van der Waals surface area contributed by atoms with Gasteiger partial charge in [0.05, 0.1) is 23.4 Å². The Morgan fingerprint density at radius 1 is 1.24 bits per heavy atom. The molecule has 180 valence electrons. The lowest BCUT2D eigenvalue weighted by Crippen LogP contribution is -2.50. The standard InChI is InChI=1S/C22H26ClN7O4/c1-24-19-9-18(26-16-8-12(23)11-29(22(16)33)13-4-6-34-7-5-13)28-20-14(10-25-30(19)20)21(32)27-15-2-3-17(15)31/h8-11,13,15,17,24,31H,2-7H2,1H3,(H,26,28)(H,27,32)/t15?,17-/m1/s1. The number of halogens is 1. The van der Waals surface area contributed by atoms with Gasteiger partial charge in [0.15, 0.2) is 5.65 Å². The van der Waals surface area contributed by atoms with E-state index in [1.54, 1.807) is 29.9 Å². The van der Waals surface area contributed by atoms with Gasteiger partial charge < -0.3 is 30.4 Å². The van der Waals surface area contributed by atoms with Crippen molar-refractivity contribution in [3.8, 4) is 0 Å². The lowest BCUT2D eigenvalue weighted by atomic mass is 9.89. The molecule has 0 bridgehead atoms. The number of aliphatic hydroxyl groups excluding tert-OH is 1. The van der Waals surface area contributed by atoms with Crippen LogP contribution < -0.4 is 21.5 Å². The second-order valence-electron chi connectivity index (χ2n) is 8.55. The summed E-state index contributed by atoms with van der Waals surface area (Å²) in [6.45, 7) is 1.19. The van der Waals surface area contributed by atoms with Crippen molar-refractivity contribution >= 4 is 40.5 Å². The number of rotatable bonds is 6. The van der Waals surface area contributed by atoms with E-state index < -0.39 is 6.10 Å². The van der Waals surface area contributed by atoms with E-state index in [1.807, 2.05) is 0 Å². The Kier molecular flexibility index (Phi) is 6.15. The molecule has 0 radical (unpaired) electrons. The van der Waals surface area contributed by atoms with Gasteiger partial charge in [-0.1, -0.05) is 11.6 Å².